The predicted octanol–water partition coefficient (Wildman–Crippen LogP) is 4.84. The van der Waals surface area contributed by atoms with Crippen molar-refractivity contribution in [2.24, 2.45) is 5.92 Å². The summed E-state index contributed by atoms with van der Waals surface area (Å²) >= 11 is 0. The molecule has 0 aromatic carbocycles. The molecule has 9 heteroatoms. The highest BCUT2D eigenvalue weighted by Gasteiger charge is 2.64. The summed E-state index contributed by atoms with van der Waals surface area (Å²) < 4.78 is 26.9. The summed E-state index contributed by atoms with van der Waals surface area (Å²) in [6, 6.07) is 0.359. The smallest absolute Gasteiger partial charge is 0.350 e. The Kier molecular flexibility index (Phi) is 10.3. The number of hydrogen-bond acceptors (Lipinski definition) is 8. The van der Waals surface area contributed by atoms with Gasteiger partial charge in [0.25, 0.3) is 0 Å². The lowest BCUT2D eigenvalue weighted by Gasteiger charge is -2.50. The lowest BCUT2D eigenvalue weighted by Crippen LogP contribution is -2.76. The van der Waals surface area contributed by atoms with Crippen molar-refractivity contribution in [3.63, 3.8) is 0 Å². The molecule has 2 saturated heterocycles. The van der Waals surface area contributed by atoms with Gasteiger partial charge in [-0.1, -0.05) is 51.0 Å². The average molecular weight is 587 g/mol. The van der Waals surface area contributed by atoms with Gasteiger partial charge in [-0.3, -0.25) is 14.2 Å². The number of unbranched alkanes of at least 4 members (excludes halogenated alkanes) is 4. The molecule has 5 rings (SSSR count). The molecule has 5 aliphatic rings. The minimum atomic E-state index is -0.779. The second-order valence-corrected chi connectivity index (χ2v) is 12.9. The number of nitrogens with zero attached hydrogens (tertiary/aromatic N) is 1. The second-order valence-electron chi connectivity index (χ2n) is 12.9. The first-order chi connectivity index (χ1) is 20.4. The summed E-state index contributed by atoms with van der Waals surface area (Å²) in [6.45, 7) is 8.53. The van der Waals surface area contributed by atoms with Gasteiger partial charge in [0.15, 0.2) is 11.6 Å². The molecule has 0 saturated carbocycles. The number of carbonyl (C=O) groups is 2. The largest absolute Gasteiger partial charge is 0.465 e. The quantitative estimate of drug-likeness (QED) is 0.145. The Bertz CT molecular complexity index is 1040. The zero-order chi connectivity index (χ0) is 29.6. The average Bonchev–Trinajstić information content (AvgIpc) is 3.27. The van der Waals surface area contributed by atoms with Crippen molar-refractivity contribution in [2.75, 3.05) is 13.2 Å². The molecule has 234 valence electrons. The predicted molar refractivity (Wildman–Crippen MR) is 160 cm³/mol. The van der Waals surface area contributed by atoms with E-state index in [9.17, 15) is 9.59 Å². The molecule has 9 nitrogen and oxygen atoms in total. The van der Waals surface area contributed by atoms with Crippen LogP contribution in [0, 0.1) is 5.92 Å². The van der Waals surface area contributed by atoms with Crippen LogP contribution in [-0.4, -0.2) is 71.4 Å². The van der Waals surface area contributed by atoms with Crippen LogP contribution in [0.3, 0.4) is 0 Å². The van der Waals surface area contributed by atoms with Gasteiger partial charge in [0, 0.05) is 25.7 Å². The van der Waals surface area contributed by atoms with Gasteiger partial charge >= 0.3 is 17.9 Å². The van der Waals surface area contributed by atoms with Gasteiger partial charge in [-0.2, -0.15) is 0 Å². The van der Waals surface area contributed by atoms with Crippen molar-refractivity contribution in [2.45, 2.75) is 146 Å². The highest BCUT2D eigenvalue weighted by Crippen LogP contribution is 2.45. The van der Waals surface area contributed by atoms with Crippen LogP contribution >= 0.6 is 0 Å². The van der Waals surface area contributed by atoms with Crippen LogP contribution in [0.4, 0.5) is 0 Å². The Morgan fingerprint density at radius 2 is 1.93 bits per heavy atom. The third kappa shape index (κ3) is 6.88. The van der Waals surface area contributed by atoms with Gasteiger partial charge < -0.3 is 18.9 Å². The number of guanidine groups is 1. The first kappa shape index (κ1) is 31.0. The number of ether oxygens (including phenoxy) is 4. The summed E-state index contributed by atoms with van der Waals surface area (Å²) in [5.74, 6) is 0.270. The lowest BCUT2D eigenvalue weighted by atomic mass is 9.80. The molecular weight excluding hydrogens is 534 g/mol. The number of rotatable bonds is 12. The molecule has 2 N–H and O–H groups in total. The number of nitrogens with one attached hydrogen (secondary N) is 2. The summed E-state index contributed by atoms with van der Waals surface area (Å²) in [5.41, 5.74) is -1.19. The fourth-order valence-corrected chi connectivity index (χ4v) is 7.78. The minimum absolute atomic E-state index is 0.0422. The molecule has 2 spiro atoms. The van der Waals surface area contributed by atoms with Crippen molar-refractivity contribution in [1.29, 1.82) is 0 Å². The number of esters is 2. The van der Waals surface area contributed by atoms with Crippen LogP contribution in [0.15, 0.2) is 24.8 Å². The number of hydrogen-bond donors (Lipinski definition) is 2. The summed E-state index contributed by atoms with van der Waals surface area (Å²) in [4.78, 5) is 25.5. The van der Waals surface area contributed by atoms with Gasteiger partial charge in [0.1, 0.15) is 6.61 Å². The van der Waals surface area contributed by atoms with Gasteiger partial charge in [0.05, 0.1) is 30.9 Å². The highest BCUT2D eigenvalue weighted by atomic mass is 16.6. The number of carbonyl (C=O) groups excluding carboxylic acids is 2. The summed E-state index contributed by atoms with van der Waals surface area (Å²) in [5, 5.41) is 7.59. The highest BCUT2D eigenvalue weighted by molar-refractivity contribution is 5.82. The monoisotopic (exact) mass is 586 g/mol. The molecule has 0 aliphatic carbocycles. The van der Waals surface area contributed by atoms with Gasteiger partial charge in [0.2, 0.25) is 5.72 Å². The zero-order valence-electron chi connectivity index (χ0n) is 25.7. The van der Waals surface area contributed by atoms with Crippen molar-refractivity contribution in [1.82, 2.24) is 10.6 Å². The van der Waals surface area contributed by atoms with E-state index in [1.807, 2.05) is 0 Å². The molecule has 7 atom stereocenters. The standard InChI is InChI=1S/C33H51N3O6/c1-4-21-39-28(37)16-9-7-6-8-12-22-40-30(38)29-27-18-17-25-23-32(19-11-10-15-26(5-2)42-32)34-31(36(25)27)35-33(29)20-13-14-24(3)41-33/h4,10,15,24-27,29H,1,5-9,11-14,16-23H2,2-3H3,(H,34,35)/p+1/t24-,25+,26-,27-,29-,32+,33-/m1/s1. The molecule has 0 aromatic heterocycles. The van der Waals surface area contributed by atoms with E-state index in [1.54, 1.807) is 6.08 Å². The molecule has 0 amide bonds. The Balaban J connectivity index is 1.21. The van der Waals surface area contributed by atoms with Crippen molar-refractivity contribution in [3.8, 4) is 0 Å². The van der Waals surface area contributed by atoms with Gasteiger partial charge in [-0.25, -0.2) is 10.6 Å². The lowest BCUT2D eigenvalue weighted by molar-refractivity contribution is -0.609. The van der Waals surface area contributed by atoms with Crippen LogP contribution in [0.25, 0.3) is 0 Å². The van der Waals surface area contributed by atoms with E-state index < -0.39 is 11.4 Å². The Hall–Kier alpha value is -2.39. The second kappa shape index (κ2) is 13.9. The topological polar surface area (TPSA) is 98.1 Å². The van der Waals surface area contributed by atoms with Crippen LogP contribution in [-0.2, 0) is 28.5 Å². The van der Waals surface area contributed by atoms with Gasteiger partial charge in [-0.05, 0) is 58.3 Å². The summed E-state index contributed by atoms with van der Waals surface area (Å²) in [6.07, 6.45) is 19.7. The van der Waals surface area contributed by atoms with E-state index in [2.05, 4.69) is 47.8 Å². The van der Waals surface area contributed by atoms with E-state index in [0.29, 0.717) is 19.1 Å². The zero-order valence-corrected chi connectivity index (χ0v) is 25.7. The molecule has 5 aliphatic heterocycles. The molecule has 2 fully saturated rings. The normalized spacial score (nSPS) is 35.2. The molecule has 0 bridgehead atoms. The maximum absolute atomic E-state index is 13.9. The van der Waals surface area contributed by atoms with E-state index >= 15 is 0 Å². The fraction of sp³-hybridized carbons (Fsp3) is 0.788. The van der Waals surface area contributed by atoms with E-state index in [-0.39, 0.29) is 42.7 Å². The maximum Gasteiger partial charge on any atom is 0.350 e. The minimum Gasteiger partial charge on any atom is -0.465 e. The van der Waals surface area contributed by atoms with Gasteiger partial charge in [-0.15, -0.1) is 0 Å². The van der Waals surface area contributed by atoms with E-state index in [0.717, 1.165) is 95.9 Å². The molecule has 42 heavy (non-hydrogen) atoms. The third-order valence-corrected chi connectivity index (χ3v) is 9.73. The maximum atomic E-state index is 13.9. The number of allylic oxidation sites excluding steroid dienone is 1. The molecule has 0 aromatic rings. The van der Waals surface area contributed by atoms with Crippen molar-refractivity contribution >= 4 is 17.9 Å². The molecular formula is C33H52N3O6+. The van der Waals surface area contributed by atoms with Crippen LogP contribution in [0.2, 0.25) is 0 Å². The Morgan fingerprint density at radius 1 is 1.10 bits per heavy atom. The van der Waals surface area contributed by atoms with Crippen LogP contribution in [0.5, 0.6) is 0 Å². The SMILES string of the molecule is C=CCOC(=O)CCCCCCCOC(=O)[C@H]1[C@H]2CC[C@H]3C[C@@]4(CCC=C[C@@H](CC)O4)NC(=[N+]32)N[C@@]12CCC[C@@H](C)O2. The first-order valence-corrected chi connectivity index (χ1v) is 16.6. The van der Waals surface area contributed by atoms with Crippen molar-refractivity contribution in [3.05, 3.63) is 24.8 Å². The first-order valence-electron chi connectivity index (χ1n) is 16.6. The van der Waals surface area contributed by atoms with Crippen LogP contribution < -0.4 is 10.6 Å². The van der Waals surface area contributed by atoms with Crippen LogP contribution in [0.1, 0.15) is 110 Å². The molecule has 0 unspecified atom stereocenters. The Labute approximate surface area is 251 Å². The Morgan fingerprint density at radius 3 is 2.74 bits per heavy atom. The third-order valence-electron chi connectivity index (χ3n) is 9.73. The molecule has 0 radical (unpaired) electrons. The van der Waals surface area contributed by atoms with E-state index in [4.69, 9.17) is 18.9 Å². The van der Waals surface area contributed by atoms with Crippen molar-refractivity contribution < 1.29 is 33.1 Å². The van der Waals surface area contributed by atoms with E-state index in [1.165, 1.54) is 0 Å². The fourth-order valence-electron chi connectivity index (χ4n) is 7.78. The molecule has 5 heterocycles. The summed E-state index contributed by atoms with van der Waals surface area (Å²) in [7, 11) is 0.